The Morgan fingerprint density at radius 3 is 2.37 bits per heavy atom. The number of imide groups is 1. The van der Waals surface area contributed by atoms with E-state index < -0.39 is 23.9 Å². The van der Waals surface area contributed by atoms with E-state index in [4.69, 9.17) is 5.26 Å². The number of hydroxylamine groups is 2. The van der Waals surface area contributed by atoms with Crippen LogP contribution < -0.4 is 10.6 Å². The minimum Gasteiger partial charge on any atom is -0.357 e. The van der Waals surface area contributed by atoms with Gasteiger partial charge in [-0.3, -0.25) is 14.8 Å². The van der Waals surface area contributed by atoms with Crippen LogP contribution in [0.5, 0.6) is 0 Å². The van der Waals surface area contributed by atoms with Gasteiger partial charge < -0.3 is 10.6 Å². The molecule has 27 heavy (non-hydrogen) atoms. The van der Waals surface area contributed by atoms with Crippen LogP contribution in [0.1, 0.15) is 44.2 Å². The summed E-state index contributed by atoms with van der Waals surface area (Å²) in [7, 11) is 1.42. The molecule has 1 aromatic carbocycles. The van der Waals surface area contributed by atoms with Crippen molar-refractivity contribution in [2.24, 2.45) is 5.92 Å². The number of rotatable bonds is 8. The number of carbonyl (C=O) groups is 3. The predicted molar refractivity (Wildman–Crippen MR) is 98.6 cm³/mol. The molecule has 3 N–H and O–H groups in total. The zero-order valence-electron chi connectivity index (χ0n) is 15.9. The quantitative estimate of drug-likeness (QED) is 0.474. The molecule has 0 unspecified atom stereocenters. The number of carbonyl (C=O) groups excluding carboxylic acids is 3. The molecule has 8 heteroatoms. The van der Waals surface area contributed by atoms with Crippen LogP contribution in [0.25, 0.3) is 0 Å². The molecule has 0 heterocycles. The lowest BCUT2D eigenvalue weighted by Gasteiger charge is -2.20. The Bertz CT molecular complexity index is 695. The smallest absolute Gasteiger partial charge is 0.349 e. The van der Waals surface area contributed by atoms with Gasteiger partial charge in [-0.2, -0.15) is 5.26 Å². The molecule has 0 aromatic heterocycles. The fourth-order valence-electron chi connectivity index (χ4n) is 2.43. The van der Waals surface area contributed by atoms with E-state index in [2.05, 4.69) is 10.6 Å². The van der Waals surface area contributed by atoms with Crippen LogP contribution in [-0.4, -0.2) is 41.2 Å². The first-order valence-electron chi connectivity index (χ1n) is 8.81. The van der Waals surface area contributed by atoms with Crippen molar-refractivity contribution < 1.29 is 19.6 Å². The van der Waals surface area contributed by atoms with Gasteiger partial charge in [-0.05, 0) is 30.0 Å². The van der Waals surface area contributed by atoms with Crippen LogP contribution in [0.3, 0.4) is 0 Å². The van der Waals surface area contributed by atoms with Gasteiger partial charge in [0.05, 0.1) is 11.6 Å². The van der Waals surface area contributed by atoms with Crippen molar-refractivity contribution in [2.45, 2.75) is 45.6 Å². The van der Waals surface area contributed by atoms with Crippen molar-refractivity contribution in [1.82, 2.24) is 15.7 Å². The first kappa shape index (κ1) is 22.1. The topological polar surface area (TPSA) is 123 Å². The van der Waals surface area contributed by atoms with Gasteiger partial charge in [-0.15, -0.1) is 5.06 Å². The van der Waals surface area contributed by atoms with Crippen LogP contribution in [0.4, 0.5) is 4.79 Å². The minimum atomic E-state index is -1.05. The Morgan fingerprint density at radius 1 is 1.22 bits per heavy atom. The molecule has 8 nitrogen and oxygen atoms in total. The molecule has 1 rings (SSSR count). The zero-order chi connectivity index (χ0) is 20.4. The Morgan fingerprint density at radius 2 is 1.85 bits per heavy atom. The largest absolute Gasteiger partial charge is 0.357 e. The number of hydrogen-bond donors (Lipinski definition) is 3. The number of likely N-dealkylation sites (N-methyl/N-ethyl adjacent to an activating group) is 1. The lowest BCUT2D eigenvalue weighted by atomic mass is 10.0. The summed E-state index contributed by atoms with van der Waals surface area (Å²) < 4.78 is 0. The number of hydrogen-bond acceptors (Lipinski definition) is 5. The third-order valence-electron chi connectivity index (χ3n) is 3.98. The summed E-state index contributed by atoms with van der Waals surface area (Å²) in [4.78, 5) is 36.1. The molecule has 0 saturated carbocycles. The maximum absolute atomic E-state index is 12.1. The summed E-state index contributed by atoms with van der Waals surface area (Å²) in [5.74, 6) is -0.764. The van der Waals surface area contributed by atoms with E-state index in [1.165, 1.54) is 7.05 Å². The highest BCUT2D eigenvalue weighted by molar-refractivity contribution is 5.95. The van der Waals surface area contributed by atoms with Crippen LogP contribution >= 0.6 is 0 Å². The van der Waals surface area contributed by atoms with Crippen LogP contribution in [0, 0.1) is 17.2 Å². The Hall–Kier alpha value is -2.92. The van der Waals surface area contributed by atoms with Gasteiger partial charge in [0.25, 0.3) is 5.91 Å². The third kappa shape index (κ3) is 7.46. The highest BCUT2D eigenvalue weighted by atomic mass is 16.5. The highest BCUT2D eigenvalue weighted by Gasteiger charge is 2.25. The standard InChI is InChI=1S/C19H26N4O4/c1-13(2)5-4-6-17(24)23(27)19(26)22-16(18(25)21-3)11-14-7-9-15(12-20)10-8-14/h7-10,13,16,27H,4-6,11H2,1-3H3,(H,21,25)(H,22,26)/t16-/m0/s1. The van der Waals surface area contributed by atoms with Gasteiger partial charge in [0.1, 0.15) is 6.04 Å². The first-order valence-corrected chi connectivity index (χ1v) is 8.81. The molecular formula is C19H26N4O4. The molecule has 0 aliphatic carbocycles. The van der Waals surface area contributed by atoms with Crippen LogP contribution in [0.2, 0.25) is 0 Å². The number of amides is 4. The van der Waals surface area contributed by atoms with Gasteiger partial charge in [-0.1, -0.05) is 32.4 Å². The fourth-order valence-corrected chi connectivity index (χ4v) is 2.43. The van der Waals surface area contributed by atoms with Crippen LogP contribution in [0.15, 0.2) is 24.3 Å². The molecule has 4 amide bonds. The van der Waals surface area contributed by atoms with Gasteiger partial charge in [0, 0.05) is 19.9 Å². The maximum Gasteiger partial charge on any atom is 0.349 e. The lowest BCUT2D eigenvalue weighted by molar-refractivity contribution is -0.153. The van der Waals surface area contributed by atoms with Gasteiger partial charge in [-0.25, -0.2) is 4.79 Å². The van der Waals surface area contributed by atoms with E-state index in [1.807, 2.05) is 19.9 Å². The number of nitriles is 1. The molecule has 146 valence electrons. The second kappa shape index (κ2) is 10.9. The van der Waals surface area contributed by atoms with Crippen LogP contribution in [-0.2, 0) is 16.0 Å². The Balaban J connectivity index is 2.71. The fraction of sp³-hybridized carbons (Fsp3) is 0.474. The van der Waals surface area contributed by atoms with Crippen molar-refractivity contribution in [3.63, 3.8) is 0 Å². The second-order valence-electron chi connectivity index (χ2n) is 6.62. The van der Waals surface area contributed by atoms with Gasteiger partial charge >= 0.3 is 6.03 Å². The van der Waals surface area contributed by atoms with E-state index in [9.17, 15) is 19.6 Å². The summed E-state index contributed by atoms with van der Waals surface area (Å²) in [5.41, 5.74) is 1.20. The van der Waals surface area contributed by atoms with E-state index >= 15 is 0 Å². The molecule has 1 atom stereocenters. The SMILES string of the molecule is CNC(=O)[C@H](Cc1ccc(C#N)cc1)NC(=O)N(O)C(=O)CCCC(C)C. The molecule has 0 spiro atoms. The summed E-state index contributed by atoms with van der Waals surface area (Å²) >= 11 is 0. The average molecular weight is 374 g/mol. The van der Waals surface area contributed by atoms with Crippen molar-refractivity contribution >= 4 is 17.8 Å². The normalized spacial score (nSPS) is 11.4. The van der Waals surface area contributed by atoms with E-state index in [0.29, 0.717) is 17.9 Å². The molecule has 0 fully saturated rings. The lowest BCUT2D eigenvalue weighted by Crippen LogP contribution is -2.52. The van der Waals surface area contributed by atoms with E-state index in [1.54, 1.807) is 24.3 Å². The molecule has 1 aromatic rings. The van der Waals surface area contributed by atoms with Gasteiger partial charge in [0.15, 0.2) is 0 Å². The first-order chi connectivity index (χ1) is 12.8. The Kier molecular flexibility index (Phi) is 8.96. The number of benzene rings is 1. The second-order valence-corrected chi connectivity index (χ2v) is 6.62. The predicted octanol–water partition coefficient (Wildman–Crippen LogP) is 1.97. The summed E-state index contributed by atoms with van der Waals surface area (Å²) in [6, 6.07) is 6.53. The van der Waals surface area contributed by atoms with Crippen molar-refractivity contribution in [2.75, 3.05) is 7.05 Å². The maximum atomic E-state index is 12.1. The monoisotopic (exact) mass is 374 g/mol. The van der Waals surface area contributed by atoms with E-state index in [0.717, 1.165) is 12.0 Å². The molecule has 0 saturated heterocycles. The molecule has 0 aliphatic heterocycles. The van der Waals surface area contributed by atoms with Gasteiger partial charge in [0.2, 0.25) is 5.91 Å². The van der Waals surface area contributed by atoms with Crippen molar-refractivity contribution in [3.05, 3.63) is 35.4 Å². The summed E-state index contributed by atoms with van der Waals surface area (Å²) in [6.07, 6.45) is 1.56. The highest BCUT2D eigenvalue weighted by Crippen LogP contribution is 2.09. The molecular weight excluding hydrogens is 348 g/mol. The summed E-state index contributed by atoms with van der Waals surface area (Å²) in [5, 5.41) is 23.4. The minimum absolute atomic E-state index is 0.0229. The molecule has 0 bridgehead atoms. The Labute approximate surface area is 159 Å². The number of urea groups is 1. The number of nitrogens with one attached hydrogen (secondary N) is 2. The number of nitrogens with zero attached hydrogens (tertiary/aromatic N) is 2. The van der Waals surface area contributed by atoms with Crippen molar-refractivity contribution in [3.8, 4) is 6.07 Å². The van der Waals surface area contributed by atoms with Crippen molar-refractivity contribution in [1.29, 1.82) is 5.26 Å². The third-order valence-corrected chi connectivity index (χ3v) is 3.98. The zero-order valence-corrected chi connectivity index (χ0v) is 15.9. The molecule has 0 aliphatic rings. The average Bonchev–Trinajstić information content (AvgIpc) is 2.66. The molecule has 0 radical (unpaired) electrons. The summed E-state index contributed by atoms with van der Waals surface area (Å²) in [6.45, 7) is 4.04. The van der Waals surface area contributed by atoms with E-state index in [-0.39, 0.29) is 17.9 Å².